The van der Waals surface area contributed by atoms with Crippen LogP contribution in [-0.4, -0.2) is 32.8 Å². The molecule has 2 aromatic rings. The Morgan fingerprint density at radius 3 is 2.26 bits per heavy atom. The first-order valence-electron chi connectivity index (χ1n) is 9.20. The van der Waals surface area contributed by atoms with Gasteiger partial charge in [0.1, 0.15) is 5.75 Å². The normalized spacial score (nSPS) is 11.6. The van der Waals surface area contributed by atoms with Gasteiger partial charge in [-0.1, -0.05) is 19.1 Å². The highest BCUT2D eigenvalue weighted by Gasteiger charge is 2.18. The molecule has 146 valence electrons. The van der Waals surface area contributed by atoms with Gasteiger partial charge in [-0.25, -0.2) is 0 Å². The summed E-state index contributed by atoms with van der Waals surface area (Å²) in [7, 11) is 3.22. The quantitative estimate of drug-likeness (QED) is 0.728. The number of amides is 1. The second-order valence-electron chi connectivity index (χ2n) is 6.57. The number of hydrogen-bond acceptors (Lipinski definition) is 4. The molecule has 27 heavy (non-hydrogen) atoms. The Balaban J connectivity index is 1.91. The fourth-order valence-electron chi connectivity index (χ4n) is 2.97. The first kappa shape index (κ1) is 20.6. The Kier molecular flexibility index (Phi) is 7.53. The minimum Gasteiger partial charge on any atom is -0.493 e. The average Bonchev–Trinajstić information content (AvgIpc) is 2.65. The van der Waals surface area contributed by atoms with Crippen LogP contribution in [0.3, 0.4) is 0 Å². The van der Waals surface area contributed by atoms with Crippen LogP contribution in [0, 0.1) is 13.8 Å². The monoisotopic (exact) mass is 371 g/mol. The van der Waals surface area contributed by atoms with Gasteiger partial charge in [0.2, 0.25) is 0 Å². The molecule has 0 radical (unpaired) electrons. The summed E-state index contributed by atoms with van der Waals surface area (Å²) >= 11 is 0. The number of benzene rings is 2. The highest BCUT2D eigenvalue weighted by Crippen LogP contribution is 2.27. The number of nitrogens with one attached hydrogen (secondary N) is 1. The van der Waals surface area contributed by atoms with Crippen molar-refractivity contribution in [2.75, 3.05) is 20.8 Å². The first-order chi connectivity index (χ1) is 13.0. The molecule has 0 heterocycles. The number of carbonyl (C=O) groups excluding carboxylic acids is 1. The van der Waals surface area contributed by atoms with Crippen molar-refractivity contribution >= 4 is 5.91 Å². The molecular formula is C22H29NO4. The van der Waals surface area contributed by atoms with Crippen LogP contribution in [0.4, 0.5) is 0 Å². The van der Waals surface area contributed by atoms with E-state index in [-0.39, 0.29) is 5.91 Å². The molecule has 0 aliphatic carbocycles. The van der Waals surface area contributed by atoms with Crippen LogP contribution < -0.4 is 19.5 Å². The third kappa shape index (κ3) is 5.91. The summed E-state index contributed by atoms with van der Waals surface area (Å²) in [4.78, 5) is 12.5. The van der Waals surface area contributed by atoms with Crippen molar-refractivity contribution in [2.45, 2.75) is 39.7 Å². The number of aryl methyl sites for hydroxylation is 2. The summed E-state index contributed by atoms with van der Waals surface area (Å²) in [5.74, 6) is 2.01. The van der Waals surface area contributed by atoms with E-state index in [0.717, 1.165) is 22.4 Å². The van der Waals surface area contributed by atoms with Crippen molar-refractivity contribution < 1.29 is 19.0 Å². The van der Waals surface area contributed by atoms with Crippen LogP contribution in [-0.2, 0) is 11.2 Å². The van der Waals surface area contributed by atoms with Gasteiger partial charge in [0.05, 0.1) is 14.2 Å². The van der Waals surface area contributed by atoms with E-state index in [1.807, 2.05) is 51.1 Å². The molecule has 0 saturated carbocycles. The maximum Gasteiger partial charge on any atom is 0.261 e. The molecule has 1 N–H and O–H groups in total. The lowest BCUT2D eigenvalue weighted by Gasteiger charge is -2.18. The van der Waals surface area contributed by atoms with E-state index in [0.29, 0.717) is 30.9 Å². The fraction of sp³-hybridized carbons (Fsp3) is 0.409. The zero-order chi connectivity index (χ0) is 19.8. The second kappa shape index (κ2) is 9.86. The fourth-order valence-corrected chi connectivity index (χ4v) is 2.97. The van der Waals surface area contributed by atoms with E-state index in [1.165, 1.54) is 0 Å². The third-order valence-corrected chi connectivity index (χ3v) is 4.30. The van der Waals surface area contributed by atoms with Crippen LogP contribution in [0.2, 0.25) is 0 Å². The number of hydrogen-bond donors (Lipinski definition) is 1. The molecule has 2 rings (SSSR count). The Morgan fingerprint density at radius 2 is 1.67 bits per heavy atom. The maximum absolute atomic E-state index is 12.5. The number of methoxy groups -OCH3 is 2. The van der Waals surface area contributed by atoms with Gasteiger partial charge in [-0.05, 0) is 67.6 Å². The van der Waals surface area contributed by atoms with Gasteiger partial charge in [-0.15, -0.1) is 0 Å². The molecule has 0 aliphatic heterocycles. The molecule has 5 nitrogen and oxygen atoms in total. The van der Waals surface area contributed by atoms with Crippen LogP contribution in [0.1, 0.15) is 30.0 Å². The predicted molar refractivity (Wildman–Crippen MR) is 107 cm³/mol. The molecule has 0 aliphatic rings. The lowest BCUT2D eigenvalue weighted by molar-refractivity contribution is -0.128. The van der Waals surface area contributed by atoms with Crippen molar-refractivity contribution in [1.29, 1.82) is 0 Å². The van der Waals surface area contributed by atoms with E-state index in [1.54, 1.807) is 14.2 Å². The molecule has 0 bridgehead atoms. The van der Waals surface area contributed by atoms with E-state index < -0.39 is 6.10 Å². The lowest BCUT2D eigenvalue weighted by atomic mass is 10.1. The minimum atomic E-state index is -0.503. The Hall–Kier alpha value is -2.69. The van der Waals surface area contributed by atoms with E-state index in [9.17, 15) is 4.79 Å². The molecule has 0 saturated heterocycles. The van der Waals surface area contributed by atoms with E-state index in [2.05, 4.69) is 11.4 Å². The SMILES string of the molecule is CC[C@@H](Oc1cc(C)cc(C)c1)C(=O)NCCc1ccc(OC)c(OC)c1. The molecule has 5 heteroatoms. The van der Waals surface area contributed by atoms with Gasteiger partial charge in [0.25, 0.3) is 5.91 Å². The number of carbonyl (C=O) groups is 1. The average molecular weight is 371 g/mol. The van der Waals surface area contributed by atoms with E-state index in [4.69, 9.17) is 14.2 Å². The van der Waals surface area contributed by atoms with Crippen molar-refractivity contribution in [3.05, 3.63) is 53.1 Å². The Bertz CT molecular complexity index is 753. The summed E-state index contributed by atoms with van der Waals surface area (Å²) in [6.07, 6.45) is 0.804. The zero-order valence-electron chi connectivity index (χ0n) is 16.8. The molecule has 2 aromatic carbocycles. The van der Waals surface area contributed by atoms with Crippen LogP contribution in [0.15, 0.2) is 36.4 Å². The standard InChI is InChI=1S/C22H29NO4/c1-6-19(27-18-12-15(2)11-16(3)13-18)22(24)23-10-9-17-7-8-20(25-4)21(14-17)26-5/h7-8,11-14,19H,6,9-10H2,1-5H3,(H,23,24)/t19-/m1/s1. The third-order valence-electron chi connectivity index (χ3n) is 4.30. The van der Waals surface area contributed by atoms with Gasteiger partial charge >= 0.3 is 0 Å². The summed E-state index contributed by atoms with van der Waals surface area (Å²) in [6.45, 7) is 6.51. The van der Waals surface area contributed by atoms with Gasteiger partial charge < -0.3 is 19.5 Å². The van der Waals surface area contributed by atoms with Crippen molar-refractivity contribution in [3.63, 3.8) is 0 Å². The molecule has 1 amide bonds. The maximum atomic E-state index is 12.5. The second-order valence-corrected chi connectivity index (χ2v) is 6.57. The van der Waals surface area contributed by atoms with Gasteiger partial charge in [-0.2, -0.15) is 0 Å². The van der Waals surface area contributed by atoms with Crippen molar-refractivity contribution in [1.82, 2.24) is 5.32 Å². The Labute approximate surface area is 161 Å². The molecule has 0 unspecified atom stereocenters. The number of rotatable bonds is 9. The molecular weight excluding hydrogens is 342 g/mol. The molecule has 0 fully saturated rings. The predicted octanol–water partition coefficient (Wildman–Crippen LogP) is 3.84. The van der Waals surface area contributed by atoms with Gasteiger partial charge in [0, 0.05) is 6.54 Å². The smallest absolute Gasteiger partial charge is 0.261 e. The largest absolute Gasteiger partial charge is 0.493 e. The van der Waals surface area contributed by atoms with Crippen molar-refractivity contribution in [3.8, 4) is 17.2 Å². The topological polar surface area (TPSA) is 56.8 Å². The van der Waals surface area contributed by atoms with Crippen molar-refractivity contribution in [2.24, 2.45) is 0 Å². The minimum absolute atomic E-state index is 0.0999. The molecule has 1 atom stereocenters. The van der Waals surface area contributed by atoms with Crippen LogP contribution in [0.25, 0.3) is 0 Å². The van der Waals surface area contributed by atoms with Gasteiger partial charge in [-0.3, -0.25) is 4.79 Å². The molecule has 0 spiro atoms. The summed E-state index contributed by atoms with van der Waals surface area (Å²) in [5.41, 5.74) is 3.30. The highest BCUT2D eigenvalue weighted by atomic mass is 16.5. The number of ether oxygens (including phenoxy) is 3. The van der Waals surface area contributed by atoms with E-state index >= 15 is 0 Å². The van der Waals surface area contributed by atoms with Gasteiger partial charge in [0.15, 0.2) is 17.6 Å². The molecule has 0 aromatic heterocycles. The lowest BCUT2D eigenvalue weighted by Crippen LogP contribution is -2.38. The highest BCUT2D eigenvalue weighted by molar-refractivity contribution is 5.81. The zero-order valence-corrected chi connectivity index (χ0v) is 16.8. The first-order valence-corrected chi connectivity index (χ1v) is 9.20. The summed E-state index contributed by atoms with van der Waals surface area (Å²) in [6, 6.07) is 11.7. The Morgan fingerprint density at radius 1 is 1.00 bits per heavy atom. The van der Waals surface area contributed by atoms with Crippen LogP contribution >= 0.6 is 0 Å². The summed E-state index contributed by atoms with van der Waals surface area (Å²) in [5, 5.41) is 2.96. The van der Waals surface area contributed by atoms with Crippen LogP contribution in [0.5, 0.6) is 17.2 Å². The summed E-state index contributed by atoms with van der Waals surface area (Å²) < 4.78 is 16.5.